The van der Waals surface area contributed by atoms with Gasteiger partial charge in [-0.05, 0) is 24.6 Å². The Kier molecular flexibility index (Phi) is 4.65. The Morgan fingerprint density at radius 1 is 1.55 bits per heavy atom. The minimum atomic E-state index is -0.348. The van der Waals surface area contributed by atoms with Gasteiger partial charge in [-0.2, -0.15) is 0 Å². The van der Waals surface area contributed by atoms with Gasteiger partial charge in [0.15, 0.2) is 5.84 Å². The van der Waals surface area contributed by atoms with Gasteiger partial charge in [-0.3, -0.25) is 0 Å². The maximum atomic E-state index is 11.8. The second-order valence-corrected chi connectivity index (χ2v) is 4.75. The van der Waals surface area contributed by atoms with E-state index in [2.05, 4.69) is 15.8 Å². The minimum Gasteiger partial charge on any atom is -0.409 e. The van der Waals surface area contributed by atoms with E-state index in [0.717, 1.165) is 6.42 Å². The summed E-state index contributed by atoms with van der Waals surface area (Å²) in [7, 11) is 0. The second-order valence-electron chi connectivity index (χ2n) is 4.34. The van der Waals surface area contributed by atoms with Crippen LogP contribution in [0.25, 0.3) is 0 Å². The highest BCUT2D eigenvalue weighted by Crippen LogP contribution is 2.23. The minimum absolute atomic E-state index is 0.0187. The molecule has 1 fully saturated rings. The molecule has 1 heterocycles. The summed E-state index contributed by atoms with van der Waals surface area (Å²) in [5.74, 6) is -0.0500. The number of carbonyl (C=O) groups is 1. The molecule has 0 radical (unpaired) electrons. The Morgan fingerprint density at radius 2 is 2.35 bits per heavy atom. The fraction of sp³-hybridized carbons (Fsp3) is 0.333. The first-order chi connectivity index (χ1) is 9.60. The van der Waals surface area contributed by atoms with Gasteiger partial charge in [0.1, 0.15) is 0 Å². The van der Waals surface area contributed by atoms with Crippen molar-refractivity contribution in [2.24, 2.45) is 10.9 Å². The Bertz CT molecular complexity index is 529. The van der Waals surface area contributed by atoms with Crippen LogP contribution in [0.5, 0.6) is 0 Å². The van der Waals surface area contributed by atoms with E-state index in [1.807, 2.05) is 0 Å². The largest absolute Gasteiger partial charge is 0.409 e. The smallest absolute Gasteiger partial charge is 0.319 e. The highest BCUT2D eigenvalue weighted by atomic mass is 35.5. The van der Waals surface area contributed by atoms with Crippen LogP contribution in [0.1, 0.15) is 12.0 Å². The molecular formula is C12H15ClN4O3. The van der Waals surface area contributed by atoms with E-state index in [9.17, 15) is 4.79 Å². The highest BCUT2D eigenvalue weighted by Gasteiger charge is 2.18. The Morgan fingerprint density at radius 3 is 2.95 bits per heavy atom. The first-order valence-electron chi connectivity index (χ1n) is 6.03. The summed E-state index contributed by atoms with van der Waals surface area (Å²) in [6.07, 6.45) is 0.795. The number of halogens is 1. The third-order valence-electron chi connectivity index (χ3n) is 2.89. The van der Waals surface area contributed by atoms with Crippen molar-refractivity contribution >= 4 is 29.2 Å². The molecule has 1 saturated heterocycles. The van der Waals surface area contributed by atoms with E-state index >= 15 is 0 Å². The lowest BCUT2D eigenvalue weighted by Gasteiger charge is -2.13. The summed E-state index contributed by atoms with van der Waals surface area (Å²) < 4.78 is 5.17. The number of amidine groups is 1. The number of anilines is 1. The monoisotopic (exact) mass is 298 g/mol. The Labute approximate surface area is 120 Å². The number of rotatable bonds is 3. The average Bonchev–Trinajstić information content (AvgIpc) is 2.93. The number of nitrogens with two attached hydrogens (primary N) is 1. The van der Waals surface area contributed by atoms with Gasteiger partial charge in [-0.15, -0.1) is 0 Å². The molecule has 1 atom stereocenters. The molecule has 1 aliphatic rings. The first kappa shape index (κ1) is 14.4. The van der Waals surface area contributed by atoms with Crippen molar-refractivity contribution in [3.05, 3.63) is 28.8 Å². The summed E-state index contributed by atoms with van der Waals surface area (Å²) >= 11 is 6.03. The van der Waals surface area contributed by atoms with Gasteiger partial charge in [0.2, 0.25) is 0 Å². The van der Waals surface area contributed by atoms with Gasteiger partial charge >= 0.3 is 6.03 Å². The second kappa shape index (κ2) is 6.44. The van der Waals surface area contributed by atoms with Crippen LogP contribution in [0.15, 0.2) is 23.4 Å². The predicted octanol–water partition coefficient (Wildman–Crippen LogP) is 1.34. The quantitative estimate of drug-likeness (QED) is 0.292. The number of ether oxygens (including phenoxy) is 1. The van der Waals surface area contributed by atoms with Crippen LogP contribution in [0.2, 0.25) is 5.02 Å². The van der Waals surface area contributed by atoms with Crippen molar-refractivity contribution in [1.29, 1.82) is 0 Å². The normalized spacial score (nSPS) is 18.9. The lowest BCUT2D eigenvalue weighted by Crippen LogP contribution is -2.38. The molecule has 108 valence electrons. The summed E-state index contributed by atoms with van der Waals surface area (Å²) in [5, 5.41) is 17.2. The molecule has 1 aliphatic heterocycles. The number of amides is 2. The zero-order valence-electron chi connectivity index (χ0n) is 10.6. The van der Waals surface area contributed by atoms with Gasteiger partial charge in [0, 0.05) is 12.2 Å². The molecule has 2 amide bonds. The van der Waals surface area contributed by atoms with Crippen molar-refractivity contribution in [2.75, 3.05) is 18.5 Å². The number of oxime groups is 1. The number of hydrogen-bond donors (Lipinski definition) is 4. The van der Waals surface area contributed by atoms with Crippen LogP contribution in [-0.4, -0.2) is 36.3 Å². The van der Waals surface area contributed by atoms with Crippen LogP contribution in [-0.2, 0) is 4.74 Å². The van der Waals surface area contributed by atoms with Crippen molar-refractivity contribution in [3.63, 3.8) is 0 Å². The van der Waals surface area contributed by atoms with E-state index in [1.54, 1.807) is 12.1 Å². The lowest BCUT2D eigenvalue weighted by molar-refractivity contribution is 0.189. The van der Waals surface area contributed by atoms with Crippen LogP contribution < -0.4 is 16.4 Å². The van der Waals surface area contributed by atoms with Gasteiger partial charge in [-0.25, -0.2) is 4.79 Å². The Balaban J connectivity index is 2.00. The molecule has 2 rings (SSSR count). The van der Waals surface area contributed by atoms with Crippen molar-refractivity contribution in [3.8, 4) is 0 Å². The van der Waals surface area contributed by atoms with Crippen LogP contribution in [0, 0.1) is 0 Å². The maximum Gasteiger partial charge on any atom is 0.319 e. The number of carbonyl (C=O) groups excluding carboxylic acids is 1. The number of urea groups is 1. The summed E-state index contributed by atoms with van der Waals surface area (Å²) in [4.78, 5) is 11.8. The fourth-order valence-corrected chi connectivity index (χ4v) is 2.05. The zero-order chi connectivity index (χ0) is 14.5. The molecular weight excluding hydrogens is 284 g/mol. The van der Waals surface area contributed by atoms with E-state index in [1.165, 1.54) is 6.07 Å². The first-order valence-corrected chi connectivity index (χ1v) is 6.40. The molecule has 1 aromatic rings. The molecule has 1 aromatic carbocycles. The van der Waals surface area contributed by atoms with Gasteiger partial charge < -0.3 is 26.3 Å². The summed E-state index contributed by atoms with van der Waals surface area (Å²) in [6, 6.07) is 4.35. The zero-order valence-corrected chi connectivity index (χ0v) is 11.4. The third-order valence-corrected chi connectivity index (χ3v) is 3.20. The van der Waals surface area contributed by atoms with Gasteiger partial charge in [0.25, 0.3) is 0 Å². The highest BCUT2D eigenvalue weighted by molar-refractivity contribution is 6.34. The van der Waals surface area contributed by atoms with Gasteiger partial charge in [-0.1, -0.05) is 16.8 Å². The van der Waals surface area contributed by atoms with E-state index in [4.69, 9.17) is 27.3 Å². The van der Waals surface area contributed by atoms with E-state index in [-0.39, 0.29) is 17.9 Å². The molecule has 8 heteroatoms. The number of hydrogen-bond acceptors (Lipinski definition) is 4. The Hall–Kier alpha value is -1.99. The van der Waals surface area contributed by atoms with Crippen molar-refractivity contribution in [1.82, 2.24) is 5.32 Å². The third kappa shape index (κ3) is 3.52. The topological polar surface area (TPSA) is 109 Å². The fourth-order valence-electron chi connectivity index (χ4n) is 1.83. The maximum absolute atomic E-state index is 11.8. The van der Waals surface area contributed by atoms with Crippen LogP contribution in [0.3, 0.4) is 0 Å². The molecule has 0 bridgehead atoms. The number of nitrogens with zero attached hydrogens (tertiary/aromatic N) is 1. The van der Waals surface area contributed by atoms with Crippen molar-refractivity contribution in [2.45, 2.75) is 12.5 Å². The summed E-state index contributed by atoms with van der Waals surface area (Å²) in [5.41, 5.74) is 6.36. The molecule has 5 N–H and O–H groups in total. The standard InChI is InChI=1S/C12H15ClN4O3/c13-9-5-7(11(14)17-19)1-2-10(9)16-12(18)15-8-3-4-20-6-8/h1-2,5,8,19H,3-4,6H2,(H2,14,17)(H2,15,16,18). The van der Waals surface area contributed by atoms with Crippen LogP contribution >= 0.6 is 11.6 Å². The number of benzene rings is 1. The SMILES string of the molecule is N/C(=N/O)c1ccc(NC(=O)NC2CCOC2)c(Cl)c1. The predicted molar refractivity (Wildman–Crippen MR) is 75.3 cm³/mol. The lowest BCUT2D eigenvalue weighted by atomic mass is 10.2. The molecule has 20 heavy (non-hydrogen) atoms. The molecule has 0 aromatic heterocycles. The van der Waals surface area contributed by atoms with Gasteiger partial charge in [0.05, 0.1) is 23.4 Å². The van der Waals surface area contributed by atoms with Crippen molar-refractivity contribution < 1.29 is 14.7 Å². The molecule has 0 aliphatic carbocycles. The molecule has 7 nitrogen and oxygen atoms in total. The van der Waals surface area contributed by atoms with Crippen LogP contribution in [0.4, 0.5) is 10.5 Å². The molecule has 0 spiro atoms. The van der Waals surface area contributed by atoms with E-state index in [0.29, 0.717) is 29.5 Å². The molecule has 0 saturated carbocycles. The van der Waals surface area contributed by atoms with E-state index < -0.39 is 0 Å². The summed E-state index contributed by atoms with van der Waals surface area (Å²) in [6.45, 7) is 1.17. The molecule has 1 unspecified atom stereocenters. The number of nitrogens with one attached hydrogen (secondary N) is 2. The average molecular weight is 299 g/mol.